The van der Waals surface area contributed by atoms with E-state index in [2.05, 4.69) is 60.4 Å². The van der Waals surface area contributed by atoms with E-state index in [1.54, 1.807) is 6.07 Å². The predicted molar refractivity (Wildman–Crippen MR) is 155 cm³/mol. The minimum atomic E-state index is -4.44. The van der Waals surface area contributed by atoms with Crippen LogP contribution in [0.15, 0.2) is 109 Å². The van der Waals surface area contributed by atoms with Crippen molar-refractivity contribution in [2.24, 2.45) is 0 Å². The third-order valence-electron chi connectivity index (χ3n) is 7.76. The molecule has 0 radical (unpaired) electrons. The van der Waals surface area contributed by atoms with E-state index in [0.29, 0.717) is 5.69 Å². The number of para-hydroxylation sites is 2. The van der Waals surface area contributed by atoms with Crippen LogP contribution in [0.5, 0.6) is 0 Å². The molecule has 39 heavy (non-hydrogen) atoms. The number of anilines is 6. The molecule has 6 heteroatoms. The van der Waals surface area contributed by atoms with Crippen LogP contribution in [0, 0.1) is 13.8 Å². The zero-order chi connectivity index (χ0) is 26.9. The maximum Gasteiger partial charge on any atom is 0.416 e. The molecule has 5 aromatic carbocycles. The fourth-order valence-electron chi connectivity index (χ4n) is 6.08. The van der Waals surface area contributed by atoms with Crippen LogP contribution in [0.4, 0.5) is 47.3 Å². The molecule has 0 saturated carbocycles. The second kappa shape index (κ2) is 8.53. The van der Waals surface area contributed by atoms with Gasteiger partial charge < -0.3 is 9.80 Å². The molecule has 2 nitrogen and oxygen atoms in total. The lowest BCUT2D eigenvalue weighted by atomic mass is 9.33. The molecule has 0 unspecified atom stereocenters. The number of alkyl halides is 3. The van der Waals surface area contributed by atoms with Crippen molar-refractivity contribution in [2.45, 2.75) is 20.0 Å². The summed E-state index contributed by atoms with van der Waals surface area (Å²) in [5.41, 5.74) is 10.0. The molecule has 0 saturated heterocycles. The SMILES string of the molecule is Cc1ccc(N2c3ccccc3B3c4ccc(C(F)(F)F)cc4N(c4ccccc4)c4cc(C)cc2c43)cc1. The van der Waals surface area contributed by atoms with Gasteiger partial charge in [-0.15, -0.1) is 0 Å². The van der Waals surface area contributed by atoms with E-state index in [9.17, 15) is 13.2 Å². The summed E-state index contributed by atoms with van der Waals surface area (Å²) in [6.07, 6.45) is -4.44. The van der Waals surface area contributed by atoms with Crippen LogP contribution >= 0.6 is 0 Å². The van der Waals surface area contributed by atoms with Gasteiger partial charge in [0.15, 0.2) is 0 Å². The molecule has 0 N–H and O–H groups in total. The molecule has 0 atom stereocenters. The summed E-state index contributed by atoms with van der Waals surface area (Å²) in [6, 6.07) is 34.9. The molecule has 7 rings (SSSR count). The van der Waals surface area contributed by atoms with Crippen LogP contribution in [0.3, 0.4) is 0 Å². The van der Waals surface area contributed by atoms with Crippen molar-refractivity contribution >= 4 is 57.2 Å². The van der Waals surface area contributed by atoms with Crippen LogP contribution in [0.2, 0.25) is 0 Å². The molecule has 2 heterocycles. The second-order valence-corrected chi connectivity index (χ2v) is 10.3. The van der Waals surface area contributed by atoms with Gasteiger partial charge in [-0.25, -0.2) is 0 Å². The van der Waals surface area contributed by atoms with Gasteiger partial charge in [0.2, 0.25) is 0 Å². The molecule has 5 aromatic rings. The summed E-state index contributed by atoms with van der Waals surface area (Å²) < 4.78 is 41.9. The van der Waals surface area contributed by atoms with Gasteiger partial charge in [0.1, 0.15) is 0 Å². The Bertz CT molecular complexity index is 1730. The van der Waals surface area contributed by atoms with Crippen molar-refractivity contribution < 1.29 is 13.2 Å². The van der Waals surface area contributed by atoms with Gasteiger partial charge in [0.25, 0.3) is 6.71 Å². The largest absolute Gasteiger partial charge is 0.416 e. The number of benzene rings is 5. The van der Waals surface area contributed by atoms with E-state index in [-0.39, 0.29) is 6.71 Å². The smallest absolute Gasteiger partial charge is 0.311 e. The van der Waals surface area contributed by atoms with Gasteiger partial charge in [-0.2, -0.15) is 13.2 Å². The number of halogens is 3. The first kappa shape index (κ1) is 23.7. The van der Waals surface area contributed by atoms with Crippen molar-refractivity contribution in [3.8, 4) is 0 Å². The van der Waals surface area contributed by atoms with Gasteiger partial charge in [-0.3, -0.25) is 0 Å². The Morgan fingerprint density at radius 1 is 0.538 bits per heavy atom. The van der Waals surface area contributed by atoms with Gasteiger partial charge in [-0.1, -0.05) is 66.2 Å². The highest BCUT2D eigenvalue weighted by Gasteiger charge is 2.44. The summed E-state index contributed by atoms with van der Waals surface area (Å²) in [7, 11) is 0. The first-order valence-electron chi connectivity index (χ1n) is 13.0. The number of hydrogen-bond donors (Lipinski definition) is 0. The molecule has 0 aromatic heterocycles. The van der Waals surface area contributed by atoms with Crippen molar-refractivity contribution in [2.75, 3.05) is 9.80 Å². The highest BCUT2D eigenvalue weighted by molar-refractivity contribution is 7.00. The number of fused-ring (bicyclic) bond motifs is 4. The van der Waals surface area contributed by atoms with Crippen LogP contribution < -0.4 is 26.2 Å². The Morgan fingerprint density at radius 2 is 1.13 bits per heavy atom. The number of aryl methyl sites for hydroxylation is 2. The van der Waals surface area contributed by atoms with E-state index in [4.69, 9.17) is 0 Å². The minimum Gasteiger partial charge on any atom is -0.311 e. The average Bonchev–Trinajstić information content (AvgIpc) is 2.93. The Kier molecular flexibility index (Phi) is 5.18. The lowest BCUT2D eigenvalue weighted by molar-refractivity contribution is -0.137. The van der Waals surface area contributed by atoms with Gasteiger partial charge in [0.05, 0.1) is 5.56 Å². The summed E-state index contributed by atoms with van der Waals surface area (Å²) >= 11 is 0. The summed E-state index contributed by atoms with van der Waals surface area (Å²) in [4.78, 5) is 4.28. The molecule has 0 aliphatic carbocycles. The normalized spacial score (nSPS) is 13.6. The lowest BCUT2D eigenvalue weighted by Crippen LogP contribution is -2.61. The zero-order valence-corrected chi connectivity index (χ0v) is 21.5. The van der Waals surface area contributed by atoms with Gasteiger partial charge >= 0.3 is 6.18 Å². The van der Waals surface area contributed by atoms with Crippen molar-refractivity contribution in [3.05, 3.63) is 126 Å². The molecule has 190 valence electrons. The van der Waals surface area contributed by atoms with E-state index < -0.39 is 11.7 Å². The zero-order valence-electron chi connectivity index (χ0n) is 21.5. The van der Waals surface area contributed by atoms with Crippen molar-refractivity contribution in [1.82, 2.24) is 0 Å². The lowest BCUT2D eigenvalue weighted by Gasteiger charge is -2.44. The van der Waals surface area contributed by atoms with Crippen LogP contribution in [0.1, 0.15) is 16.7 Å². The summed E-state index contributed by atoms with van der Waals surface area (Å²) in [5, 5.41) is 0. The maximum absolute atomic E-state index is 14.0. The number of hydrogen-bond acceptors (Lipinski definition) is 2. The first-order chi connectivity index (χ1) is 18.8. The maximum atomic E-state index is 14.0. The molecule has 0 amide bonds. The molecule has 0 bridgehead atoms. The fraction of sp³-hybridized carbons (Fsp3) is 0.0909. The molecular weight excluding hydrogens is 492 g/mol. The summed E-state index contributed by atoms with van der Waals surface area (Å²) in [5.74, 6) is 0. The quantitative estimate of drug-likeness (QED) is 0.221. The third-order valence-corrected chi connectivity index (χ3v) is 7.76. The average molecular weight is 516 g/mol. The Balaban J connectivity index is 1.58. The Morgan fingerprint density at radius 3 is 1.82 bits per heavy atom. The molecule has 2 aliphatic heterocycles. The van der Waals surface area contributed by atoms with E-state index in [0.717, 1.165) is 50.4 Å². The van der Waals surface area contributed by atoms with Crippen LogP contribution in [-0.2, 0) is 6.18 Å². The number of nitrogens with zero attached hydrogens (tertiary/aromatic N) is 2. The Labute approximate surface area is 226 Å². The third kappa shape index (κ3) is 3.66. The van der Waals surface area contributed by atoms with E-state index in [1.807, 2.05) is 54.3 Å². The van der Waals surface area contributed by atoms with Gasteiger partial charge in [-0.05, 0) is 84.3 Å². The fourth-order valence-corrected chi connectivity index (χ4v) is 6.08. The first-order valence-corrected chi connectivity index (χ1v) is 13.0. The molecule has 0 fully saturated rings. The molecule has 2 aliphatic rings. The van der Waals surface area contributed by atoms with E-state index >= 15 is 0 Å². The Hall–Kier alpha value is -4.45. The molecule has 0 spiro atoms. The number of rotatable bonds is 2. The minimum absolute atomic E-state index is 0.203. The topological polar surface area (TPSA) is 6.48 Å². The van der Waals surface area contributed by atoms with Crippen LogP contribution in [-0.4, -0.2) is 6.71 Å². The monoisotopic (exact) mass is 516 g/mol. The van der Waals surface area contributed by atoms with E-state index in [1.165, 1.54) is 17.7 Å². The highest BCUT2D eigenvalue weighted by atomic mass is 19.4. The standard InChI is InChI=1S/C33H24BF3N2/c1-21-12-15-25(16-13-21)38-28-11-7-6-10-26(28)34-27-17-14-23(33(35,36)37)20-29(27)39(24-8-4-3-5-9-24)31-19-22(2)18-30(38)32(31)34/h3-20H,1-2H3. The van der Waals surface area contributed by atoms with Crippen LogP contribution in [0.25, 0.3) is 0 Å². The van der Waals surface area contributed by atoms with Crippen molar-refractivity contribution in [1.29, 1.82) is 0 Å². The highest BCUT2D eigenvalue weighted by Crippen LogP contribution is 2.45. The summed E-state index contributed by atoms with van der Waals surface area (Å²) in [6.45, 7) is 3.91. The molecular formula is C33H24BF3N2. The van der Waals surface area contributed by atoms with Crippen molar-refractivity contribution in [3.63, 3.8) is 0 Å². The second-order valence-electron chi connectivity index (χ2n) is 10.3. The van der Waals surface area contributed by atoms with Gasteiger partial charge in [0, 0.05) is 34.1 Å². The predicted octanol–water partition coefficient (Wildman–Crippen LogP) is 7.40.